The number of Topliss-reactive ketones (excluding diaryl/α,β-unsaturated/α-hetero) is 1. The van der Waals surface area contributed by atoms with E-state index in [1.54, 1.807) is 0 Å². The summed E-state index contributed by atoms with van der Waals surface area (Å²) in [6.07, 6.45) is 11.1. The van der Waals surface area contributed by atoms with Crippen molar-refractivity contribution in [2.24, 2.45) is 50.6 Å². The Balaban J connectivity index is 1.81. The Morgan fingerprint density at radius 1 is 1.03 bits per heavy atom. The minimum absolute atomic E-state index is 0.0653. The molecule has 0 amide bonds. The Morgan fingerprint density at radius 3 is 2.33 bits per heavy atom. The molecule has 0 aliphatic heterocycles. The number of nitrogens with two attached hydrogens (primary N) is 1. The van der Waals surface area contributed by atoms with Gasteiger partial charge in [0, 0.05) is 22.7 Å². The molecule has 2 fully saturated rings. The highest BCUT2D eigenvalue weighted by molar-refractivity contribution is 6.02. The summed E-state index contributed by atoms with van der Waals surface area (Å²) in [5.74, 6) is -0.523. The van der Waals surface area contributed by atoms with E-state index < -0.39 is 5.41 Å². The van der Waals surface area contributed by atoms with Crippen LogP contribution in [0.4, 0.5) is 0 Å². The van der Waals surface area contributed by atoms with Crippen LogP contribution in [0, 0.1) is 56.2 Å². The molecule has 0 aromatic heterocycles. The molecular weight excluding hydrogens is 488 g/mol. The molecule has 2 N–H and O–H groups in total. The number of carbonyl (C=O) groups is 3. The Kier molecular flexibility index (Phi) is 7.60. The maximum Gasteiger partial charge on any atom is 0.319 e. The molecule has 0 saturated heterocycles. The molecule has 4 aliphatic rings. The third kappa shape index (κ3) is 4.83. The first-order chi connectivity index (χ1) is 18.1. The summed E-state index contributed by atoms with van der Waals surface area (Å²) < 4.78 is 5.61. The zero-order chi connectivity index (χ0) is 29.0. The SMILES string of the molecule is C[C@@H]1C(=O)C(C#N)=C[C@]2(C)C3=CC(=O)C4CCC(C)(C)CC[C@](C)(COC(=O)CN)CC[C@@]4(C)[C@]3(C)CC[C@@H]12. The van der Waals surface area contributed by atoms with Crippen molar-refractivity contribution in [2.75, 3.05) is 13.2 Å². The lowest BCUT2D eigenvalue weighted by Crippen LogP contribution is -2.58. The molecule has 0 aromatic rings. The zero-order valence-electron chi connectivity index (χ0n) is 25.1. The van der Waals surface area contributed by atoms with Crippen molar-refractivity contribution >= 4 is 17.5 Å². The first-order valence-corrected chi connectivity index (χ1v) is 14.9. The van der Waals surface area contributed by atoms with Crippen LogP contribution < -0.4 is 5.73 Å². The number of rotatable bonds is 3. The van der Waals surface area contributed by atoms with Crippen molar-refractivity contribution < 1.29 is 19.1 Å². The summed E-state index contributed by atoms with van der Waals surface area (Å²) in [6, 6.07) is 2.16. The number of fused-ring (bicyclic) bond motifs is 5. The van der Waals surface area contributed by atoms with E-state index in [9.17, 15) is 19.6 Å². The van der Waals surface area contributed by atoms with Crippen LogP contribution in [0.2, 0.25) is 0 Å². The van der Waals surface area contributed by atoms with Gasteiger partial charge in [-0.05, 0) is 79.6 Å². The van der Waals surface area contributed by atoms with Gasteiger partial charge < -0.3 is 10.5 Å². The quantitative estimate of drug-likeness (QED) is 0.437. The molecule has 1 unspecified atom stereocenters. The third-order valence-corrected chi connectivity index (χ3v) is 11.9. The van der Waals surface area contributed by atoms with Crippen LogP contribution in [0.15, 0.2) is 23.3 Å². The average Bonchev–Trinajstić information content (AvgIpc) is 2.88. The molecule has 39 heavy (non-hydrogen) atoms. The van der Waals surface area contributed by atoms with Gasteiger partial charge in [-0.15, -0.1) is 0 Å². The van der Waals surface area contributed by atoms with Gasteiger partial charge in [0.05, 0.1) is 18.7 Å². The molecule has 214 valence electrons. The minimum atomic E-state index is -0.510. The average molecular weight is 537 g/mol. The molecule has 7 atom stereocenters. The Morgan fingerprint density at radius 2 is 1.69 bits per heavy atom. The maximum absolute atomic E-state index is 14.1. The van der Waals surface area contributed by atoms with E-state index in [4.69, 9.17) is 10.5 Å². The van der Waals surface area contributed by atoms with E-state index in [-0.39, 0.29) is 69.1 Å². The van der Waals surface area contributed by atoms with Crippen molar-refractivity contribution in [3.63, 3.8) is 0 Å². The second-order valence-electron chi connectivity index (χ2n) is 14.9. The van der Waals surface area contributed by atoms with Crippen molar-refractivity contribution in [2.45, 2.75) is 99.8 Å². The lowest BCUT2D eigenvalue weighted by molar-refractivity contribution is -0.146. The van der Waals surface area contributed by atoms with Crippen molar-refractivity contribution in [1.82, 2.24) is 0 Å². The summed E-state index contributed by atoms with van der Waals surface area (Å²) in [7, 11) is 0. The van der Waals surface area contributed by atoms with Gasteiger partial charge in [0.15, 0.2) is 11.6 Å². The Bertz CT molecular complexity index is 1160. The van der Waals surface area contributed by atoms with E-state index in [1.165, 1.54) is 0 Å². The van der Waals surface area contributed by atoms with Crippen molar-refractivity contribution in [1.29, 1.82) is 5.26 Å². The predicted octanol–water partition coefficient (Wildman–Crippen LogP) is 6.10. The molecule has 0 aromatic carbocycles. The van der Waals surface area contributed by atoms with Crippen LogP contribution in [0.25, 0.3) is 0 Å². The van der Waals surface area contributed by atoms with Crippen molar-refractivity contribution in [3.8, 4) is 6.07 Å². The smallest absolute Gasteiger partial charge is 0.319 e. The van der Waals surface area contributed by atoms with Gasteiger partial charge in [0.2, 0.25) is 0 Å². The van der Waals surface area contributed by atoms with Gasteiger partial charge in [-0.2, -0.15) is 5.26 Å². The molecular formula is C33H48N2O4. The van der Waals surface area contributed by atoms with Gasteiger partial charge in [0.1, 0.15) is 6.07 Å². The van der Waals surface area contributed by atoms with Crippen LogP contribution in [-0.2, 0) is 19.1 Å². The van der Waals surface area contributed by atoms with E-state index in [2.05, 4.69) is 47.6 Å². The number of carbonyl (C=O) groups excluding carboxylic acids is 3. The Hall–Kier alpha value is -2.26. The van der Waals surface area contributed by atoms with Gasteiger partial charge in [-0.25, -0.2) is 0 Å². The van der Waals surface area contributed by atoms with Crippen LogP contribution in [0.1, 0.15) is 99.8 Å². The van der Waals surface area contributed by atoms with E-state index in [1.807, 2.05) is 19.1 Å². The van der Waals surface area contributed by atoms with Crippen molar-refractivity contribution in [3.05, 3.63) is 23.3 Å². The van der Waals surface area contributed by atoms with Crippen LogP contribution in [-0.4, -0.2) is 30.7 Å². The minimum Gasteiger partial charge on any atom is -0.464 e. The number of nitrogens with zero attached hydrogens (tertiary/aromatic N) is 1. The van der Waals surface area contributed by atoms with E-state index in [0.29, 0.717) is 6.61 Å². The largest absolute Gasteiger partial charge is 0.464 e. The fourth-order valence-corrected chi connectivity index (χ4v) is 8.72. The van der Waals surface area contributed by atoms with Gasteiger partial charge in [0.25, 0.3) is 0 Å². The fourth-order valence-electron chi connectivity index (χ4n) is 8.72. The first-order valence-electron chi connectivity index (χ1n) is 14.9. The second kappa shape index (κ2) is 9.98. The number of ether oxygens (including phenoxy) is 1. The standard InChI is InChI=1S/C33H48N2O4/c1-21-23-9-11-33(7)26(31(23,5)17-22(18-34)28(21)38)16-25(36)24-8-10-29(2,3)12-13-30(4,14-15-32(24,33)6)20-39-27(37)19-35/h16-17,21,23-24H,8-15,19-20,35H2,1-7H3/t21-,23-,24?,30-,31-,32+,33+/m0/s1. The lowest BCUT2D eigenvalue weighted by atomic mass is 9.39. The van der Waals surface area contributed by atoms with Crippen LogP contribution in [0.3, 0.4) is 0 Å². The number of hydrogen-bond donors (Lipinski definition) is 1. The monoisotopic (exact) mass is 536 g/mol. The normalized spacial score (nSPS) is 42.1. The highest BCUT2D eigenvalue weighted by Crippen LogP contribution is 2.69. The summed E-state index contributed by atoms with van der Waals surface area (Å²) in [4.78, 5) is 39.1. The molecule has 0 radical (unpaired) electrons. The highest BCUT2D eigenvalue weighted by atomic mass is 16.5. The molecule has 6 heteroatoms. The number of ketones is 2. The fraction of sp³-hybridized carbons (Fsp3) is 0.758. The Labute approximate surface area is 234 Å². The molecule has 0 bridgehead atoms. The molecule has 4 aliphatic carbocycles. The molecule has 0 spiro atoms. The van der Waals surface area contributed by atoms with Gasteiger partial charge >= 0.3 is 5.97 Å². The van der Waals surface area contributed by atoms with E-state index in [0.717, 1.165) is 56.9 Å². The number of allylic oxidation sites excluding steroid dienone is 4. The number of nitriles is 1. The summed E-state index contributed by atoms with van der Waals surface area (Å²) in [6.45, 7) is 15.8. The number of hydrogen-bond acceptors (Lipinski definition) is 6. The molecule has 6 nitrogen and oxygen atoms in total. The van der Waals surface area contributed by atoms with E-state index >= 15 is 0 Å². The van der Waals surface area contributed by atoms with Gasteiger partial charge in [-0.1, -0.05) is 60.1 Å². The first kappa shape index (κ1) is 29.7. The lowest BCUT2D eigenvalue weighted by Gasteiger charge is -2.63. The van der Waals surface area contributed by atoms with Gasteiger partial charge in [-0.3, -0.25) is 14.4 Å². The maximum atomic E-state index is 14.1. The number of esters is 1. The predicted molar refractivity (Wildman–Crippen MR) is 151 cm³/mol. The summed E-state index contributed by atoms with van der Waals surface area (Å²) in [5.41, 5.74) is 5.64. The molecule has 4 rings (SSSR count). The topological polar surface area (TPSA) is 110 Å². The highest BCUT2D eigenvalue weighted by Gasteiger charge is 2.63. The van der Waals surface area contributed by atoms with Crippen LogP contribution in [0.5, 0.6) is 0 Å². The second-order valence-corrected chi connectivity index (χ2v) is 14.9. The van der Waals surface area contributed by atoms with Crippen LogP contribution >= 0.6 is 0 Å². The zero-order valence-corrected chi connectivity index (χ0v) is 25.1. The summed E-state index contributed by atoms with van der Waals surface area (Å²) in [5, 5.41) is 9.81. The molecule has 0 heterocycles. The summed E-state index contributed by atoms with van der Waals surface area (Å²) >= 11 is 0. The molecule has 2 saturated carbocycles. The third-order valence-electron chi connectivity index (χ3n) is 11.9.